The minimum Gasteiger partial charge on any atom is -0.481 e. The molecule has 1 aliphatic rings. The number of hydrogen-bond acceptors (Lipinski definition) is 3. The second-order valence-electron chi connectivity index (χ2n) is 6.57. The summed E-state index contributed by atoms with van der Waals surface area (Å²) in [5.41, 5.74) is 0.285. The molecule has 4 nitrogen and oxygen atoms in total. The second kappa shape index (κ2) is 6.53. The monoisotopic (exact) mass is 256 g/mol. The molecular weight excluding hydrogens is 228 g/mol. The summed E-state index contributed by atoms with van der Waals surface area (Å²) in [6.45, 7) is 10.7. The molecule has 0 bridgehead atoms. The number of rotatable bonds is 7. The van der Waals surface area contributed by atoms with E-state index in [2.05, 4.69) is 31.1 Å². The van der Waals surface area contributed by atoms with Gasteiger partial charge in [-0.1, -0.05) is 20.8 Å². The Hall–Kier alpha value is -0.610. The highest BCUT2D eigenvalue weighted by Crippen LogP contribution is 2.33. The lowest BCUT2D eigenvalue weighted by Gasteiger charge is -2.32. The third-order valence-electron chi connectivity index (χ3n) is 4.09. The second-order valence-corrected chi connectivity index (χ2v) is 6.57. The van der Waals surface area contributed by atoms with Gasteiger partial charge in [-0.3, -0.25) is 4.79 Å². The highest BCUT2D eigenvalue weighted by Gasteiger charge is 2.33. The summed E-state index contributed by atoms with van der Waals surface area (Å²) >= 11 is 0. The molecule has 2 unspecified atom stereocenters. The van der Waals surface area contributed by atoms with Gasteiger partial charge in [0.05, 0.1) is 0 Å². The molecule has 0 aromatic carbocycles. The van der Waals surface area contributed by atoms with E-state index in [1.807, 2.05) is 6.92 Å². The first-order chi connectivity index (χ1) is 8.31. The quantitative estimate of drug-likeness (QED) is 0.727. The zero-order valence-corrected chi connectivity index (χ0v) is 12.2. The van der Waals surface area contributed by atoms with E-state index in [-0.39, 0.29) is 17.8 Å². The van der Waals surface area contributed by atoms with Crippen LogP contribution in [0.15, 0.2) is 0 Å². The molecule has 0 amide bonds. The van der Waals surface area contributed by atoms with Crippen LogP contribution in [0.1, 0.15) is 33.6 Å². The predicted molar refractivity (Wildman–Crippen MR) is 73.7 cm³/mol. The average molecular weight is 256 g/mol. The first-order valence-corrected chi connectivity index (χ1v) is 6.92. The van der Waals surface area contributed by atoms with Gasteiger partial charge in [0.15, 0.2) is 0 Å². The molecule has 0 saturated carbocycles. The van der Waals surface area contributed by atoms with Gasteiger partial charge in [0.2, 0.25) is 0 Å². The van der Waals surface area contributed by atoms with Gasteiger partial charge in [-0.05, 0) is 43.8 Å². The lowest BCUT2D eigenvalue weighted by atomic mass is 9.78. The molecule has 0 aromatic heterocycles. The minimum absolute atomic E-state index is 0.199. The van der Waals surface area contributed by atoms with E-state index in [1.165, 1.54) is 19.5 Å². The minimum atomic E-state index is -0.707. The lowest BCUT2D eigenvalue weighted by Crippen LogP contribution is -2.38. The van der Waals surface area contributed by atoms with Crippen LogP contribution < -0.4 is 5.32 Å². The summed E-state index contributed by atoms with van der Waals surface area (Å²) in [5, 5.41) is 12.2. The van der Waals surface area contributed by atoms with Crippen molar-refractivity contribution < 1.29 is 9.90 Å². The van der Waals surface area contributed by atoms with Crippen molar-refractivity contribution in [2.24, 2.45) is 17.3 Å². The van der Waals surface area contributed by atoms with Crippen molar-refractivity contribution in [1.29, 1.82) is 0 Å². The Labute approximate surface area is 111 Å². The number of carbonyl (C=O) groups is 1. The molecule has 0 radical (unpaired) electrons. The molecule has 1 aliphatic heterocycles. The number of hydrogen-bond donors (Lipinski definition) is 2. The largest absolute Gasteiger partial charge is 0.481 e. The molecule has 1 heterocycles. The van der Waals surface area contributed by atoms with Crippen LogP contribution in [0, 0.1) is 17.3 Å². The van der Waals surface area contributed by atoms with Gasteiger partial charge in [-0.2, -0.15) is 0 Å². The summed E-state index contributed by atoms with van der Waals surface area (Å²) < 4.78 is 0. The van der Waals surface area contributed by atoms with Crippen molar-refractivity contribution in [3.63, 3.8) is 0 Å². The van der Waals surface area contributed by atoms with Gasteiger partial charge in [0, 0.05) is 19.5 Å². The van der Waals surface area contributed by atoms with Crippen LogP contribution >= 0.6 is 0 Å². The highest BCUT2D eigenvalue weighted by atomic mass is 16.4. The molecule has 2 atom stereocenters. The fourth-order valence-corrected chi connectivity index (χ4v) is 2.73. The Morgan fingerprint density at radius 2 is 2.22 bits per heavy atom. The molecule has 106 valence electrons. The number of nitrogens with zero attached hydrogens (tertiary/aromatic N) is 1. The van der Waals surface area contributed by atoms with Crippen molar-refractivity contribution in [2.45, 2.75) is 33.6 Å². The van der Waals surface area contributed by atoms with Crippen LogP contribution in [0.4, 0.5) is 0 Å². The molecule has 0 spiro atoms. The number of nitrogens with one attached hydrogen (secondary N) is 1. The standard InChI is InChI=1S/C14H28N2O2/c1-11(7-13(17)18)8-15-10-14(2,3)12-5-6-16(4)9-12/h11-12,15H,5-10H2,1-4H3,(H,17,18). The molecule has 1 fully saturated rings. The van der Waals surface area contributed by atoms with Crippen LogP contribution in [-0.4, -0.2) is 49.2 Å². The van der Waals surface area contributed by atoms with Crippen LogP contribution in [0.2, 0.25) is 0 Å². The van der Waals surface area contributed by atoms with Crippen LogP contribution in [0.5, 0.6) is 0 Å². The van der Waals surface area contributed by atoms with E-state index < -0.39 is 5.97 Å². The maximum Gasteiger partial charge on any atom is 0.303 e. The van der Waals surface area contributed by atoms with Crippen molar-refractivity contribution in [3.05, 3.63) is 0 Å². The maximum atomic E-state index is 10.6. The van der Waals surface area contributed by atoms with E-state index in [4.69, 9.17) is 5.11 Å². The van der Waals surface area contributed by atoms with Gasteiger partial charge in [-0.25, -0.2) is 0 Å². The van der Waals surface area contributed by atoms with Gasteiger partial charge in [-0.15, -0.1) is 0 Å². The Morgan fingerprint density at radius 3 is 2.72 bits per heavy atom. The first-order valence-electron chi connectivity index (χ1n) is 6.92. The van der Waals surface area contributed by atoms with Gasteiger partial charge < -0.3 is 15.3 Å². The van der Waals surface area contributed by atoms with Gasteiger partial charge in [0.1, 0.15) is 0 Å². The average Bonchev–Trinajstić information content (AvgIpc) is 2.64. The van der Waals surface area contributed by atoms with E-state index in [0.29, 0.717) is 0 Å². The third kappa shape index (κ3) is 4.94. The zero-order chi connectivity index (χ0) is 13.8. The Kier molecular flexibility index (Phi) is 5.60. The van der Waals surface area contributed by atoms with E-state index in [1.54, 1.807) is 0 Å². The van der Waals surface area contributed by atoms with Crippen LogP contribution in [0.3, 0.4) is 0 Å². The van der Waals surface area contributed by atoms with Crippen LogP contribution in [-0.2, 0) is 4.79 Å². The topological polar surface area (TPSA) is 52.6 Å². The lowest BCUT2D eigenvalue weighted by molar-refractivity contribution is -0.137. The van der Waals surface area contributed by atoms with E-state index >= 15 is 0 Å². The molecule has 18 heavy (non-hydrogen) atoms. The van der Waals surface area contributed by atoms with E-state index in [0.717, 1.165) is 19.0 Å². The normalized spacial score (nSPS) is 23.2. The zero-order valence-electron chi connectivity index (χ0n) is 12.2. The summed E-state index contributed by atoms with van der Waals surface area (Å²) in [4.78, 5) is 13.0. The summed E-state index contributed by atoms with van der Waals surface area (Å²) in [6, 6.07) is 0. The van der Waals surface area contributed by atoms with Gasteiger partial charge >= 0.3 is 5.97 Å². The van der Waals surface area contributed by atoms with Crippen molar-refractivity contribution in [2.75, 3.05) is 33.2 Å². The summed E-state index contributed by atoms with van der Waals surface area (Å²) in [7, 11) is 2.18. The van der Waals surface area contributed by atoms with Crippen molar-refractivity contribution in [3.8, 4) is 0 Å². The van der Waals surface area contributed by atoms with Crippen LogP contribution in [0.25, 0.3) is 0 Å². The molecule has 0 aliphatic carbocycles. The fourth-order valence-electron chi connectivity index (χ4n) is 2.73. The molecular formula is C14H28N2O2. The summed E-state index contributed by atoms with van der Waals surface area (Å²) in [5.74, 6) is 0.232. The molecule has 4 heteroatoms. The van der Waals surface area contributed by atoms with Gasteiger partial charge in [0.25, 0.3) is 0 Å². The Bertz CT molecular complexity index is 279. The number of likely N-dealkylation sites (tertiary alicyclic amines) is 1. The molecule has 1 rings (SSSR count). The number of aliphatic carboxylic acids is 1. The Balaban J connectivity index is 2.26. The smallest absolute Gasteiger partial charge is 0.303 e. The molecule has 2 N–H and O–H groups in total. The third-order valence-corrected chi connectivity index (χ3v) is 4.09. The fraction of sp³-hybridized carbons (Fsp3) is 0.929. The molecule has 0 aromatic rings. The number of carboxylic acid groups (broad SMARTS) is 1. The maximum absolute atomic E-state index is 10.6. The van der Waals surface area contributed by atoms with E-state index in [9.17, 15) is 4.79 Å². The summed E-state index contributed by atoms with van der Waals surface area (Å²) in [6.07, 6.45) is 1.52. The SMILES string of the molecule is CC(CNCC(C)(C)C1CCN(C)C1)CC(=O)O. The highest BCUT2D eigenvalue weighted by molar-refractivity contribution is 5.66. The number of carboxylic acids is 1. The Morgan fingerprint density at radius 1 is 1.56 bits per heavy atom. The van der Waals surface area contributed by atoms with Crippen molar-refractivity contribution >= 4 is 5.97 Å². The molecule has 1 saturated heterocycles. The first kappa shape index (κ1) is 15.4. The van der Waals surface area contributed by atoms with Crippen molar-refractivity contribution in [1.82, 2.24) is 10.2 Å². The predicted octanol–water partition coefficient (Wildman–Crippen LogP) is 1.66.